The molecule has 10 heteroatoms. The van der Waals surface area contributed by atoms with Gasteiger partial charge in [0.15, 0.2) is 0 Å². The minimum Gasteiger partial charge on any atom is -0.444 e. The van der Waals surface area contributed by atoms with Gasteiger partial charge in [0, 0.05) is 43.8 Å². The summed E-state index contributed by atoms with van der Waals surface area (Å²) in [4.78, 5) is 39.6. The molecule has 1 unspecified atom stereocenters. The van der Waals surface area contributed by atoms with E-state index in [9.17, 15) is 18.8 Å². The van der Waals surface area contributed by atoms with Crippen molar-refractivity contribution in [1.82, 2.24) is 20.1 Å². The Kier molecular flexibility index (Phi) is 8.37. The predicted octanol–water partition coefficient (Wildman–Crippen LogP) is 4.28. The van der Waals surface area contributed by atoms with E-state index >= 15 is 0 Å². The van der Waals surface area contributed by atoms with Gasteiger partial charge in [-0.15, -0.1) is 0 Å². The van der Waals surface area contributed by atoms with Crippen LogP contribution in [0.2, 0.25) is 0 Å². The third kappa shape index (κ3) is 7.46. The summed E-state index contributed by atoms with van der Waals surface area (Å²) in [6.45, 7) is 8.73. The Hall–Kier alpha value is -3.56. The highest BCUT2D eigenvalue weighted by Gasteiger charge is 2.29. The van der Waals surface area contributed by atoms with E-state index in [4.69, 9.17) is 4.74 Å². The number of benzene rings is 1. The van der Waals surface area contributed by atoms with Crippen LogP contribution in [-0.4, -0.2) is 58.8 Å². The molecule has 1 aromatic heterocycles. The fraction of sp³-hybridized carbons (Fsp3) is 0.480. The maximum absolute atomic E-state index is 13.8. The normalized spacial score (nSPS) is 15.9. The lowest BCUT2D eigenvalue weighted by molar-refractivity contribution is 0.0185. The number of nitrogens with zero attached hydrogens (tertiary/aromatic N) is 2. The number of urea groups is 1. The molecule has 3 N–H and O–H groups in total. The molecular formula is C25H34FN5O4. The first kappa shape index (κ1) is 26.1. The molecule has 4 amide bonds. The smallest absolute Gasteiger partial charge is 0.410 e. The molecule has 1 saturated heterocycles. The van der Waals surface area contributed by atoms with Crippen LogP contribution < -0.4 is 16.0 Å². The van der Waals surface area contributed by atoms with Crippen molar-refractivity contribution in [3.05, 3.63) is 48.0 Å². The third-order valence-electron chi connectivity index (χ3n) is 5.37. The predicted molar refractivity (Wildman–Crippen MR) is 131 cm³/mol. The van der Waals surface area contributed by atoms with Crippen molar-refractivity contribution in [2.45, 2.75) is 58.6 Å². The van der Waals surface area contributed by atoms with Crippen molar-refractivity contribution in [2.24, 2.45) is 0 Å². The van der Waals surface area contributed by atoms with Crippen molar-refractivity contribution >= 4 is 23.7 Å². The zero-order valence-corrected chi connectivity index (χ0v) is 20.7. The van der Waals surface area contributed by atoms with E-state index in [1.165, 1.54) is 12.1 Å². The highest BCUT2D eigenvalue weighted by atomic mass is 19.1. The van der Waals surface area contributed by atoms with E-state index in [1.54, 1.807) is 34.0 Å². The van der Waals surface area contributed by atoms with Crippen LogP contribution in [-0.2, 0) is 4.74 Å². The molecule has 0 aliphatic carbocycles. The monoisotopic (exact) mass is 487 g/mol. The van der Waals surface area contributed by atoms with Crippen molar-refractivity contribution in [3.8, 4) is 5.69 Å². The largest absolute Gasteiger partial charge is 0.444 e. The van der Waals surface area contributed by atoms with Crippen molar-refractivity contribution in [3.63, 3.8) is 0 Å². The first-order chi connectivity index (χ1) is 16.6. The van der Waals surface area contributed by atoms with Crippen LogP contribution in [0.4, 0.5) is 19.7 Å². The molecular weight excluding hydrogens is 453 g/mol. The van der Waals surface area contributed by atoms with E-state index in [0.717, 1.165) is 12.8 Å². The summed E-state index contributed by atoms with van der Waals surface area (Å²) in [7, 11) is 0. The Morgan fingerprint density at radius 1 is 1.20 bits per heavy atom. The number of likely N-dealkylation sites (tertiary alicyclic amines) is 1. The molecule has 190 valence electrons. The minimum absolute atomic E-state index is 0.232. The summed E-state index contributed by atoms with van der Waals surface area (Å²) in [6, 6.07) is 5.22. The summed E-state index contributed by atoms with van der Waals surface area (Å²) >= 11 is 0. The second-order valence-electron chi connectivity index (χ2n) is 9.59. The first-order valence-electron chi connectivity index (χ1n) is 11.9. The van der Waals surface area contributed by atoms with Gasteiger partial charge >= 0.3 is 12.1 Å². The standard InChI is InChI=1S/C25H34FN5O4/c1-5-11-27-23(33)29-21-16-31(19-10-6-8-17(26)13-19)15-20(21)22(32)28-18-9-7-12-30(14-18)24(34)35-25(2,3)4/h6,8,10,13,15-16,18H,5,7,9,11-12,14H2,1-4H3,(H,28,32)(H2,27,29,33). The fourth-order valence-electron chi connectivity index (χ4n) is 3.78. The van der Waals surface area contributed by atoms with Crippen LogP contribution in [0.25, 0.3) is 5.69 Å². The highest BCUT2D eigenvalue weighted by Crippen LogP contribution is 2.23. The second kappa shape index (κ2) is 11.2. The zero-order valence-electron chi connectivity index (χ0n) is 20.7. The molecule has 1 aliphatic heterocycles. The number of nitrogens with one attached hydrogen (secondary N) is 3. The van der Waals surface area contributed by atoms with Gasteiger partial charge in [0.25, 0.3) is 5.91 Å². The van der Waals surface area contributed by atoms with E-state index in [2.05, 4.69) is 16.0 Å². The Morgan fingerprint density at radius 2 is 1.97 bits per heavy atom. The van der Waals surface area contributed by atoms with Gasteiger partial charge in [0.2, 0.25) is 0 Å². The molecule has 2 heterocycles. The number of amides is 4. The number of anilines is 1. The van der Waals surface area contributed by atoms with E-state index < -0.39 is 29.4 Å². The summed E-state index contributed by atoms with van der Waals surface area (Å²) < 4.78 is 20.8. The van der Waals surface area contributed by atoms with Gasteiger partial charge in [-0.2, -0.15) is 0 Å². The maximum atomic E-state index is 13.8. The quantitative estimate of drug-likeness (QED) is 0.566. The average Bonchev–Trinajstić information content (AvgIpc) is 3.20. The number of aromatic nitrogens is 1. The average molecular weight is 488 g/mol. The molecule has 9 nitrogen and oxygen atoms in total. The van der Waals surface area contributed by atoms with Crippen LogP contribution in [0.1, 0.15) is 57.3 Å². The van der Waals surface area contributed by atoms with E-state index in [0.29, 0.717) is 37.4 Å². The molecule has 2 aromatic rings. The first-order valence-corrected chi connectivity index (χ1v) is 11.9. The topological polar surface area (TPSA) is 105 Å². The molecule has 0 spiro atoms. The number of halogens is 1. The summed E-state index contributed by atoms with van der Waals surface area (Å²) in [5.41, 5.74) is 0.428. The Morgan fingerprint density at radius 3 is 2.66 bits per heavy atom. The lowest BCUT2D eigenvalue weighted by Crippen LogP contribution is -2.50. The molecule has 1 fully saturated rings. The van der Waals surface area contributed by atoms with Crippen LogP contribution in [0.3, 0.4) is 0 Å². The molecule has 1 aliphatic rings. The van der Waals surface area contributed by atoms with Crippen LogP contribution >= 0.6 is 0 Å². The lowest BCUT2D eigenvalue weighted by atomic mass is 10.1. The van der Waals surface area contributed by atoms with Crippen molar-refractivity contribution < 1.29 is 23.5 Å². The van der Waals surface area contributed by atoms with Gasteiger partial charge in [0.05, 0.1) is 11.3 Å². The Bertz CT molecular complexity index is 1060. The number of carbonyl (C=O) groups is 3. The van der Waals surface area contributed by atoms with Crippen LogP contribution in [0, 0.1) is 5.82 Å². The van der Waals surface area contributed by atoms with Gasteiger partial charge in [-0.05, 0) is 58.2 Å². The number of ether oxygens (including phenoxy) is 1. The summed E-state index contributed by atoms with van der Waals surface area (Å²) in [5.74, 6) is -0.816. The highest BCUT2D eigenvalue weighted by molar-refractivity contribution is 6.03. The van der Waals surface area contributed by atoms with Crippen molar-refractivity contribution in [2.75, 3.05) is 25.0 Å². The van der Waals surface area contributed by atoms with Crippen LogP contribution in [0.5, 0.6) is 0 Å². The van der Waals surface area contributed by atoms with Gasteiger partial charge in [-0.1, -0.05) is 13.0 Å². The van der Waals surface area contributed by atoms with Crippen LogP contribution in [0.15, 0.2) is 36.7 Å². The summed E-state index contributed by atoms with van der Waals surface area (Å²) in [6.07, 6.45) is 4.90. The third-order valence-corrected chi connectivity index (χ3v) is 5.37. The number of piperidine rings is 1. The molecule has 3 rings (SSSR count). The molecule has 0 saturated carbocycles. The fourth-order valence-corrected chi connectivity index (χ4v) is 3.78. The summed E-state index contributed by atoms with van der Waals surface area (Å²) in [5, 5.41) is 8.39. The zero-order chi connectivity index (χ0) is 25.6. The number of hydrogen-bond acceptors (Lipinski definition) is 4. The molecule has 1 atom stereocenters. The van der Waals surface area contributed by atoms with Gasteiger partial charge < -0.3 is 30.2 Å². The SMILES string of the molecule is CCCNC(=O)Nc1cn(-c2cccc(F)c2)cc1C(=O)NC1CCCN(C(=O)OC(C)(C)C)C1. The Labute approximate surface area is 205 Å². The second-order valence-corrected chi connectivity index (χ2v) is 9.59. The van der Waals surface area contributed by atoms with Crippen molar-refractivity contribution in [1.29, 1.82) is 0 Å². The minimum atomic E-state index is -0.605. The number of hydrogen-bond donors (Lipinski definition) is 3. The van der Waals surface area contributed by atoms with E-state index in [1.807, 2.05) is 27.7 Å². The molecule has 0 bridgehead atoms. The number of rotatable bonds is 6. The Balaban J connectivity index is 1.77. The number of carbonyl (C=O) groups excluding carboxylic acids is 3. The van der Waals surface area contributed by atoms with E-state index in [-0.39, 0.29) is 11.6 Å². The maximum Gasteiger partial charge on any atom is 0.410 e. The van der Waals surface area contributed by atoms with Gasteiger partial charge in [-0.25, -0.2) is 14.0 Å². The molecule has 35 heavy (non-hydrogen) atoms. The molecule has 0 radical (unpaired) electrons. The van der Waals surface area contributed by atoms with Gasteiger partial charge in [-0.3, -0.25) is 4.79 Å². The van der Waals surface area contributed by atoms with Gasteiger partial charge in [0.1, 0.15) is 11.4 Å². The lowest BCUT2D eigenvalue weighted by Gasteiger charge is -2.34. The molecule has 1 aromatic carbocycles.